The average molecular weight is 345 g/mol. The van der Waals surface area contributed by atoms with Crippen LogP contribution in [0.4, 0.5) is 4.79 Å². The lowest BCUT2D eigenvalue weighted by Crippen LogP contribution is -2.47. The molecule has 25 heavy (non-hydrogen) atoms. The van der Waals surface area contributed by atoms with Gasteiger partial charge in [-0.15, -0.1) is 0 Å². The highest BCUT2D eigenvalue weighted by Crippen LogP contribution is 2.21. The number of carbonyl (C=O) groups excluding carboxylic acids is 3. The molecule has 0 aromatic heterocycles. The molecule has 1 aromatic rings. The summed E-state index contributed by atoms with van der Waals surface area (Å²) < 4.78 is 5.31. The number of amides is 3. The standard InChI is InChI=1S/C18H23N3O4/c1-19-16(22)11-21(18(19)24)15-7-9-20(10-8-15)12-17(23)25-13-14-5-3-2-4-6-14/h2-6,15H,7-13H2,1H3. The molecule has 2 aliphatic rings. The van der Waals surface area contributed by atoms with E-state index in [2.05, 4.69) is 0 Å². The van der Waals surface area contributed by atoms with Crippen LogP contribution in [0.25, 0.3) is 0 Å². The van der Waals surface area contributed by atoms with Gasteiger partial charge in [0.2, 0.25) is 5.91 Å². The van der Waals surface area contributed by atoms with E-state index < -0.39 is 0 Å². The van der Waals surface area contributed by atoms with Gasteiger partial charge in [-0.2, -0.15) is 0 Å². The van der Waals surface area contributed by atoms with Gasteiger partial charge in [-0.05, 0) is 18.4 Å². The zero-order valence-corrected chi connectivity index (χ0v) is 14.4. The molecule has 2 saturated heterocycles. The van der Waals surface area contributed by atoms with Gasteiger partial charge in [0, 0.05) is 26.2 Å². The number of nitrogens with zero attached hydrogens (tertiary/aromatic N) is 3. The zero-order valence-electron chi connectivity index (χ0n) is 14.4. The van der Waals surface area contributed by atoms with E-state index in [1.165, 1.54) is 11.9 Å². The number of benzene rings is 1. The molecule has 1 aromatic carbocycles. The number of rotatable bonds is 5. The minimum absolute atomic E-state index is 0.0676. The predicted molar refractivity (Wildman–Crippen MR) is 90.6 cm³/mol. The van der Waals surface area contributed by atoms with Gasteiger partial charge in [-0.25, -0.2) is 4.79 Å². The van der Waals surface area contributed by atoms with Gasteiger partial charge in [0.05, 0.1) is 6.54 Å². The van der Waals surface area contributed by atoms with Gasteiger partial charge in [-0.3, -0.25) is 19.4 Å². The second-order valence-corrected chi connectivity index (χ2v) is 6.52. The van der Waals surface area contributed by atoms with Crippen LogP contribution in [0.2, 0.25) is 0 Å². The van der Waals surface area contributed by atoms with Gasteiger partial charge in [-0.1, -0.05) is 30.3 Å². The Morgan fingerprint density at radius 3 is 2.44 bits per heavy atom. The highest BCUT2D eigenvalue weighted by molar-refractivity contribution is 6.01. The molecular weight excluding hydrogens is 322 g/mol. The molecule has 7 nitrogen and oxygen atoms in total. The fourth-order valence-corrected chi connectivity index (χ4v) is 3.26. The molecule has 0 radical (unpaired) electrons. The summed E-state index contributed by atoms with van der Waals surface area (Å²) in [4.78, 5) is 40.5. The molecule has 0 saturated carbocycles. The number of imide groups is 1. The minimum atomic E-state index is -0.241. The van der Waals surface area contributed by atoms with E-state index in [-0.39, 0.29) is 43.6 Å². The summed E-state index contributed by atoms with van der Waals surface area (Å²) >= 11 is 0. The third-order valence-corrected chi connectivity index (χ3v) is 4.81. The molecule has 0 N–H and O–H groups in total. The van der Waals surface area contributed by atoms with Crippen molar-refractivity contribution >= 4 is 17.9 Å². The van der Waals surface area contributed by atoms with E-state index in [0.717, 1.165) is 18.4 Å². The van der Waals surface area contributed by atoms with Crippen molar-refractivity contribution < 1.29 is 19.1 Å². The molecule has 7 heteroatoms. The number of esters is 1. The van der Waals surface area contributed by atoms with Crippen LogP contribution in [0, 0.1) is 0 Å². The zero-order chi connectivity index (χ0) is 17.8. The lowest BCUT2D eigenvalue weighted by atomic mass is 10.0. The van der Waals surface area contributed by atoms with Crippen molar-refractivity contribution in [3.63, 3.8) is 0 Å². The Labute approximate surface area is 147 Å². The lowest BCUT2D eigenvalue weighted by molar-refractivity contribution is -0.146. The fourth-order valence-electron chi connectivity index (χ4n) is 3.26. The Balaban J connectivity index is 1.41. The number of hydrogen-bond acceptors (Lipinski definition) is 5. The summed E-state index contributed by atoms with van der Waals surface area (Å²) in [6.45, 7) is 2.14. The van der Waals surface area contributed by atoms with Crippen LogP contribution in [0.15, 0.2) is 30.3 Å². The summed E-state index contributed by atoms with van der Waals surface area (Å²) in [5.74, 6) is -0.397. The average Bonchev–Trinajstić information content (AvgIpc) is 2.89. The van der Waals surface area contributed by atoms with Gasteiger partial charge in [0.15, 0.2) is 0 Å². The largest absolute Gasteiger partial charge is 0.460 e. The maximum absolute atomic E-state index is 12.0. The number of ether oxygens (including phenoxy) is 1. The third-order valence-electron chi connectivity index (χ3n) is 4.81. The Morgan fingerprint density at radius 1 is 1.16 bits per heavy atom. The Morgan fingerprint density at radius 2 is 1.84 bits per heavy atom. The second-order valence-electron chi connectivity index (χ2n) is 6.52. The SMILES string of the molecule is CN1C(=O)CN(C2CCN(CC(=O)OCc3ccccc3)CC2)C1=O. The highest BCUT2D eigenvalue weighted by Gasteiger charge is 2.38. The summed E-state index contributed by atoms with van der Waals surface area (Å²) in [5, 5.41) is 0. The molecule has 134 valence electrons. The van der Waals surface area contributed by atoms with Crippen LogP contribution in [0.5, 0.6) is 0 Å². The lowest BCUT2D eigenvalue weighted by Gasteiger charge is -2.35. The van der Waals surface area contributed by atoms with Crippen molar-refractivity contribution in [2.45, 2.75) is 25.5 Å². The summed E-state index contributed by atoms with van der Waals surface area (Å²) in [5.41, 5.74) is 0.968. The van der Waals surface area contributed by atoms with E-state index >= 15 is 0 Å². The van der Waals surface area contributed by atoms with Gasteiger partial charge < -0.3 is 9.64 Å². The maximum atomic E-state index is 12.0. The van der Waals surface area contributed by atoms with Gasteiger partial charge in [0.1, 0.15) is 13.2 Å². The van der Waals surface area contributed by atoms with Crippen molar-refractivity contribution in [1.29, 1.82) is 0 Å². The van der Waals surface area contributed by atoms with Gasteiger partial charge >= 0.3 is 12.0 Å². The van der Waals surface area contributed by atoms with E-state index in [1.807, 2.05) is 35.2 Å². The maximum Gasteiger partial charge on any atom is 0.327 e. The smallest absolute Gasteiger partial charge is 0.327 e. The van der Waals surface area contributed by atoms with Crippen molar-refractivity contribution in [2.24, 2.45) is 0 Å². The van der Waals surface area contributed by atoms with E-state index in [4.69, 9.17) is 4.74 Å². The minimum Gasteiger partial charge on any atom is -0.460 e. The molecule has 0 unspecified atom stereocenters. The number of hydrogen-bond donors (Lipinski definition) is 0. The Bertz CT molecular complexity index is 641. The Kier molecular flexibility index (Phi) is 5.33. The molecular formula is C18H23N3O4. The highest BCUT2D eigenvalue weighted by atomic mass is 16.5. The van der Waals surface area contributed by atoms with E-state index in [0.29, 0.717) is 13.1 Å². The van der Waals surface area contributed by atoms with Crippen molar-refractivity contribution in [3.05, 3.63) is 35.9 Å². The first-order chi connectivity index (χ1) is 12.0. The van der Waals surface area contributed by atoms with Crippen molar-refractivity contribution in [2.75, 3.05) is 33.2 Å². The molecule has 0 spiro atoms. The van der Waals surface area contributed by atoms with E-state index in [1.54, 1.807) is 4.90 Å². The normalized spacial score (nSPS) is 19.6. The van der Waals surface area contributed by atoms with Crippen LogP contribution in [0.1, 0.15) is 18.4 Å². The van der Waals surface area contributed by atoms with Crippen LogP contribution in [-0.2, 0) is 20.9 Å². The van der Waals surface area contributed by atoms with Crippen LogP contribution < -0.4 is 0 Å². The van der Waals surface area contributed by atoms with Crippen LogP contribution in [-0.4, -0.2) is 71.9 Å². The van der Waals surface area contributed by atoms with Gasteiger partial charge in [0.25, 0.3) is 0 Å². The molecule has 0 atom stereocenters. The topological polar surface area (TPSA) is 70.2 Å². The molecule has 2 heterocycles. The molecule has 2 fully saturated rings. The first-order valence-corrected chi connectivity index (χ1v) is 8.53. The molecule has 3 rings (SSSR count). The Hall–Kier alpha value is -2.41. The molecule has 0 aliphatic carbocycles. The van der Waals surface area contributed by atoms with Crippen LogP contribution in [0.3, 0.4) is 0 Å². The molecule has 3 amide bonds. The summed E-state index contributed by atoms with van der Waals surface area (Å²) in [6, 6.07) is 9.44. The van der Waals surface area contributed by atoms with E-state index in [9.17, 15) is 14.4 Å². The molecule has 2 aliphatic heterocycles. The van der Waals surface area contributed by atoms with Crippen molar-refractivity contribution in [3.8, 4) is 0 Å². The van der Waals surface area contributed by atoms with Crippen molar-refractivity contribution in [1.82, 2.24) is 14.7 Å². The first kappa shape index (κ1) is 17.4. The first-order valence-electron chi connectivity index (χ1n) is 8.53. The quantitative estimate of drug-likeness (QED) is 0.590. The number of likely N-dealkylation sites (N-methyl/N-ethyl adjacent to an activating group) is 1. The summed E-state index contributed by atoms with van der Waals surface area (Å²) in [7, 11) is 1.52. The second kappa shape index (κ2) is 7.65. The summed E-state index contributed by atoms with van der Waals surface area (Å²) in [6.07, 6.45) is 1.53. The number of piperidine rings is 1. The number of carbonyl (C=O) groups is 3. The molecule has 0 bridgehead atoms. The fraction of sp³-hybridized carbons (Fsp3) is 0.500. The predicted octanol–water partition coefficient (Wildman–Crippen LogP) is 1.09. The van der Waals surface area contributed by atoms with Crippen LogP contribution >= 0.6 is 0 Å². The number of likely N-dealkylation sites (tertiary alicyclic amines) is 1. The third kappa shape index (κ3) is 4.17. The number of urea groups is 1. The monoisotopic (exact) mass is 345 g/mol.